The number of rotatable bonds is 5. The zero-order valence-corrected chi connectivity index (χ0v) is 10.9. The average molecular weight is 247 g/mol. The molecule has 1 amide bonds. The number of aromatic nitrogens is 1. The number of pyridine rings is 1. The zero-order chi connectivity index (χ0) is 12.8. The summed E-state index contributed by atoms with van der Waals surface area (Å²) in [5.41, 5.74) is 0.992. The maximum Gasteiger partial charge on any atom is 0.223 e. The Morgan fingerprint density at radius 2 is 2.44 bits per heavy atom. The first-order valence-electron chi connectivity index (χ1n) is 6.71. The molecular weight excluding hydrogens is 226 g/mol. The second-order valence-electron chi connectivity index (χ2n) is 4.65. The lowest BCUT2D eigenvalue weighted by Gasteiger charge is -2.27. The molecule has 4 heteroatoms. The fourth-order valence-electron chi connectivity index (χ4n) is 2.47. The minimum Gasteiger partial charge on any atom is -0.339 e. The van der Waals surface area contributed by atoms with Crippen molar-refractivity contribution in [3.63, 3.8) is 0 Å². The number of hydrogen-bond donors (Lipinski definition) is 1. The molecule has 1 unspecified atom stereocenters. The molecule has 0 aromatic carbocycles. The summed E-state index contributed by atoms with van der Waals surface area (Å²) in [5, 5.41) is 3.31. The highest BCUT2D eigenvalue weighted by Gasteiger charge is 2.24. The molecule has 1 saturated heterocycles. The molecular formula is C14H21N3O. The molecule has 1 atom stereocenters. The van der Waals surface area contributed by atoms with E-state index in [0.717, 1.165) is 38.2 Å². The summed E-state index contributed by atoms with van der Waals surface area (Å²) in [6.07, 6.45) is 4.14. The summed E-state index contributed by atoms with van der Waals surface area (Å²) in [4.78, 5) is 18.5. The Hall–Kier alpha value is -1.42. The Bertz CT molecular complexity index is 374. The molecule has 1 aliphatic heterocycles. The van der Waals surface area contributed by atoms with E-state index >= 15 is 0 Å². The number of aryl methyl sites for hydroxylation is 1. The van der Waals surface area contributed by atoms with Gasteiger partial charge in [-0.15, -0.1) is 0 Å². The summed E-state index contributed by atoms with van der Waals surface area (Å²) >= 11 is 0. The maximum atomic E-state index is 12.2. The van der Waals surface area contributed by atoms with Crippen molar-refractivity contribution in [2.45, 2.75) is 32.2 Å². The SMILES string of the molecule is CCN(C(=O)CCc1ccccn1)C1CCNC1. The minimum atomic E-state index is 0.247. The van der Waals surface area contributed by atoms with Crippen LogP contribution in [0.4, 0.5) is 0 Å². The van der Waals surface area contributed by atoms with Crippen molar-refractivity contribution in [1.82, 2.24) is 15.2 Å². The van der Waals surface area contributed by atoms with Gasteiger partial charge in [-0.1, -0.05) is 6.07 Å². The number of carbonyl (C=O) groups is 1. The molecule has 1 aromatic heterocycles. The van der Waals surface area contributed by atoms with E-state index in [2.05, 4.69) is 17.2 Å². The second-order valence-corrected chi connectivity index (χ2v) is 4.65. The molecule has 98 valence electrons. The number of nitrogens with zero attached hydrogens (tertiary/aromatic N) is 2. The molecule has 1 fully saturated rings. The predicted octanol–water partition coefficient (Wildman–Crippen LogP) is 1.22. The largest absolute Gasteiger partial charge is 0.339 e. The highest BCUT2D eigenvalue weighted by molar-refractivity contribution is 5.76. The average Bonchev–Trinajstić information content (AvgIpc) is 2.92. The molecule has 0 saturated carbocycles. The lowest BCUT2D eigenvalue weighted by atomic mass is 10.1. The van der Waals surface area contributed by atoms with Crippen LogP contribution in [-0.4, -0.2) is 41.5 Å². The maximum absolute atomic E-state index is 12.2. The van der Waals surface area contributed by atoms with Gasteiger partial charge in [-0.05, 0) is 38.4 Å². The van der Waals surface area contributed by atoms with E-state index in [4.69, 9.17) is 0 Å². The van der Waals surface area contributed by atoms with Crippen LogP contribution < -0.4 is 5.32 Å². The van der Waals surface area contributed by atoms with Gasteiger partial charge >= 0.3 is 0 Å². The van der Waals surface area contributed by atoms with Crippen LogP contribution in [0.1, 0.15) is 25.5 Å². The number of amides is 1. The van der Waals surface area contributed by atoms with Gasteiger partial charge in [0.2, 0.25) is 5.91 Å². The number of hydrogen-bond acceptors (Lipinski definition) is 3. The molecule has 1 N–H and O–H groups in total. The first-order chi connectivity index (χ1) is 8.81. The lowest BCUT2D eigenvalue weighted by molar-refractivity contribution is -0.132. The summed E-state index contributed by atoms with van der Waals surface area (Å²) in [6, 6.07) is 6.21. The van der Waals surface area contributed by atoms with Crippen molar-refractivity contribution in [2.75, 3.05) is 19.6 Å². The van der Waals surface area contributed by atoms with E-state index in [1.807, 2.05) is 23.1 Å². The van der Waals surface area contributed by atoms with E-state index in [1.54, 1.807) is 6.20 Å². The summed E-state index contributed by atoms with van der Waals surface area (Å²) in [6.45, 7) is 4.81. The molecule has 1 aromatic rings. The summed E-state index contributed by atoms with van der Waals surface area (Å²) in [7, 11) is 0. The molecule has 0 aliphatic carbocycles. The minimum absolute atomic E-state index is 0.247. The number of nitrogens with one attached hydrogen (secondary N) is 1. The fourth-order valence-corrected chi connectivity index (χ4v) is 2.47. The molecule has 0 radical (unpaired) electrons. The number of likely N-dealkylation sites (N-methyl/N-ethyl adjacent to an activating group) is 1. The van der Waals surface area contributed by atoms with Gasteiger partial charge in [-0.2, -0.15) is 0 Å². The monoisotopic (exact) mass is 247 g/mol. The Labute approximate surface area is 108 Å². The van der Waals surface area contributed by atoms with Crippen LogP contribution in [0.15, 0.2) is 24.4 Å². The Morgan fingerprint density at radius 3 is 3.06 bits per heavy atom. The smallest absolute Gasteiger partial charge is 0.223 e. The van der Waals surface area contributed by atoms with Gasteiger partial charge in [0, 0.05) is 37.4 Å². The van der Waals surface area contributed by atoms with Gasteiger partial charge in [0.25, 0.3) is 0 Å². The van der Waals surface area contributed by atoms with Crippen molar-refractivity contribution in [3.05, 3.63) is 30.1 Å². The predicted molar refractivity (Wildman–Crippen MR) is 71.2 cm³/mol. The third-order valence-corrected chi connectivity index (χ3v) is 3.46. The Morgan fingerprint density at radius 1 is 1.56 bits per heavy atom. The summed E-state index contributed by atoms with van der Waals surface area (Å²) in [5.74, 6) is 0.247. The fraction of sp³-hybridized carbons (Fsp3) is 0.571. The van der Waals surface area contributed by atoms with Gasteiger partial charge in [0.1, 0.15) is 0 Å². The van der Waals surface area contributed by atoms with Crippen molar-refractivity contribution in [1.29, 1.82) is 0 Å². The highest BCUT2D eigenvalue weighted by atomic mass is 16.2. The Balaban J connectivity index is 1.86. The molecule has 0 bridgehead atoms. The van der Waals surface area contributed by atoms with Gasteiger partial charge in [-0.25, -0.2) is 0 Å². The van der Waals surface area contributed by atoms with E-state index < -0.39 is 0 Å². The first-order valence-corrected chi connectivity index (χ1v) is 6.71. The first kappa shape index (κ1) is 13.0. The molecule has 2 rings (SSSR count). The third kappa shape index (κ3) is 3.29. The van der Waals surface area contributed by atoms with Crippen LogP contribution in [0.3, 0.4) is 0 Å². The van der Waals surface area contributed by atoms with Crippen LogP contribution in [0.2, 0.25) is 0 Å². The van der Waals surface area contributed by atoms with Crippen LogP contribution in [0, 0.1) is 0 Å². The van der Waals surface area contributed by atoms with E-state index in [-0.39, 0.29) is 5.91 Å². The molecule has 4 nitrogen and oxygen atoms in total. The van der Waals surface area contributed by atoms with Crippen LogP contribution in [0.25, 0.3) is 0 Å². The molecule has 2 heterocycles. The third-order valence-electron chi connectivity index (χ3n) is 3.46. The van der Waals surface area contributed by atoms with E-state index in [0.29, 0.717) is 12.5 Å². The van der Waals surface area contributed by atoms with Crippen molar-refractivity contribution in [2.24, 2.45) is 0 Å². The van der Waals surface area contributed by atoms with Gasteiger partial charge in [0.05, 0.1) is 0 Å². The van der Waals surface area contributed by atoms with Crippen molar-refractivity contribution in [3.8, 4) is 0 Å². The number of carbonyl (C=O) groups excluding carboxylic acids is 1. The van der Waals surface area contributed by atoms with Gasteiger partial charge < -0.3 is 10.2 Å². The lowest BCUT2D eigenvalue weighted by Crippen LogP contribution is -2.41. The van der Waals surface area contributed by atoms with Gasteiger partial charge in [0.15, 0.2) is 0 Å². The zero-order valence-electron chi connectivity index (χ0n) is 10.9. The topological polar surface area (TPSA) is 45.2 Å². The van der Waals surface area contributed by atoms with E-state index in [9.17, 15) is 4.79 Å². The second kappa shape index (κ2) is 6.50. The Kier molecular flexibility index (Phi) is 4.70. The van der Waals surface area contributed by atoms with E-state index in [1.165, 1.54) is 0 Å². The van der Waals surface area contributed by atoms with Crippen LogP contribution in [0.5, 0.6) is 0 Å². The normalized spacial score (nSPS) is 18.8. The van der Waals surface area contributed by atoms with Crippen molar-refractivity contribution >= 4 is 5.91 Å². The molecule has 1 aliphatic rings. The highest BCUT2D eigenvalue weighted by Crippen LogP contribution is 2.11. The van der Waals surface area contributed by atoms with Crippen molar-refractivity contribution < 1.29 is 4.79 Å². The molecule has 0 spiro atoms. The standard InChI is InChI=1S/C14H21N3O/c1-2-17(13-8-10-15-11-13)14(18)7-6-12-5-3-4-9-16-12/h3-5,9,13,15H,2,6-8,10-11H2,1H3. The van der Waals surface area contributed by atoms with Crippen LogP contribution >= 0.6 is 0 Å². The quantitative estimate of drug-likeness (QED) is 0.851. The van der Waals surface area contributed by atoms with Crippen LogP contribution in [-0.2, 0) is 11.2 Å². The summed E-state index contributed by atoms with van der Waals surface area (Å²) < 4.78 is 0. The molecule has 18 heavy (non-hydrogen) atoms. The van der Waals surface area contributed by atoms with Gasteiger partial charge in [-0.3, -0.25) is 9.78 Å².